The summed E-state index contributed by atoms with van der Waals surface area (Å²) in [5, 5.41) is 0.320. The lowest BCUT2D eigenvalue weighted by Crippen LogP contribution is -2.45. The molecule has 3 N–H and O–H groups in total. The molecule has 0 radical (unpaired) electrons. The van der Waals surface area contributed by atoms with Gasteiger partial charge >= 0.3 is 0 Å². The summed E-state index contributed by atoms with van der Waals surface area (Å²) >= 11 is 6.01. The van der Waals surface area contributed by atoms with E-state index in [1.54, 1.807) is 6.07 Å². The molecule has 1 aliphatic carbocycles. The Kier molecular flexibility index (Phi) is 4.54. The summed E-state index contributed by atoms with van der Waals surface area (Å²) in [4.78, 5) is 0.0340. The monoisotopic (exact) mass is 332 g/mol. The maximum absolute atomic E-state index is 12.7. The standard InChI is InChI=1S/C14H21ClN2O3S/c1-14(2,10-4-5-10)17-21(18,19)12-7-11(15)6-9(8-16)13(12)20-3/h6-7,10,17H,4-5,8,16H2,1-3H3. The van der Waals surface area contributed by atoms with Crippen molar-refractivity contribution in [1.82, 2.24) is 4.72 Å². The highest BCUT2D eigenvalue weighted by molar-refractivity contribution is 7.89. The predicted octanol–water partition coefficient (Wildman–Crippen LogP) is 2.27. The largest absolute Gasteiger partial charge is 0.495 e. The Morgan fingerprint density at radius 3 is 2.52 bits per heavy atom. The zero-order valence-corrected chi connectivity index (χ0v) is 14.0. The van der Waals surface area contributed by atoms with Crippen LogP contribution in [-0.2, 0) is 16.6 Å². The van der Waals surface area contributed by atoms with Gasteiger partial charge in [0, 0.05) is 22.7 Å². The Labute approximate surface area is 130 Å². The second-order valence-corrected chi connectivity index (χ2v) is 7.99. The van der Waals surface area contributed by atoms with Gasteiger partial charge in [0.15, 0.2) is 0 Å². The summed E-state index contributed by atoms with van der Waals surface area (Å²) in [6.07, 6.45) is 2.08. The maximum Gasteiger partial charge on any atom is 0.244 e. The number of sulfonamides is 1. The molecule has 0 aromatic heterocycles. The number of nitrogens with one attached hydrogen (secondary N) is 1. The van der Waals surface area contributed by atoms with Crippen molar-refractivity contribution in [3.8, 4) is 5.75 Å². The highest BCUT2D eigenvalue weighted by Crippen LogP contribution is 2.41. The maximum atomic E-state index is 12.7. The van der Waals surface area contributed by atoms with Crippen LogP contribution in [0.5, 0.6) is 5.75 Å². The van der Waals surface area contributed by atoms with Crippen molar-refractivity contribution in [1.29, 1.82) is 0 Å². The number of hydrogen-bond acceptors (Lipinski definition) is 4. The molecule has 0 amide bonds. The third-order valence-electron chi connectivity index (χ3n) is 3.81. The normalized spacial score (nSPS) is 16.0. The van der Waals surface area contributed by atoms with E-state index >= 15 is 0 Å². The molecule has 7 heteroatoms. The summed E-state index contributed by atoms with van der Waals surface area (Å²) in [7, 11) is -2.31. The number of ether oxygens (including phenoxy) is 1. The van der Waals surface area contributed by atoms with Crippen LogP contribution in [0.3, 0.4) is 0 Å². The van der Waals surface area contributed by atoms with Gasteiger partial charge in [0.2, 0.25) is 10.0 Å². The van der Waals surface area contributed by atoms with Crippen LogP contribution < -0.4 is 15.2 Å². The van der Waals surface area contributed by atoms with Gasteiger partial charge in [-0.3, -0.25) is 0 Å². The Balaban J connectivity index is 2.46. The number of rotatable bonds is 6. The average Bonchev–Trinajstić information content (AvgIpc) is 3.20. The lowest BCUT2D eigenvalue weighted by molar-refractivity contribution is 0.387. The highest BCUT2D eigenvalue weighted by atomic mass is 35.5. The van der Waals surface area contributed by atoms with Crippen LogP contribution in [0, 0.1) is 5.92 Å². The summed E-state index contributed by atoms with van der Waals surface area (Å²) < 4.78 is 33.4. The number of benzene rings is 1. The molecule has 0 heterocycles. The summed E-state index contributed by atoms with van der Waals surface area (Å²) in [6.45, 7) is 3.93. The molecule has 2 rings (SSSR count). The molecule has 21 heavy (non-hydrogen) atoms. The zero-order valence-electron chi connectivity index (χ0n) is 12.4. The van der Waals surface area contributed by atoms with Crippen LogP contribution in [-0.4, -0.2) is 21.1 Å². The van der Waals surface area contributed by atoms with E-state index < -0.39 is 15.6 Å². The number of nitrogens with two attached hydrogens (primary N) is 1. The second-order valence-electron chi connectivity index (χ2n) is 5.90. The van der Waals surface area contributed by atoms with Crippen molar-refractivity contribution >= 4 is 21.6 Å². The molecule has 0 saturated heterocycles. The molecular formula is C14H21ClN2O3S. The molecule has 1 saturated carbocycles. The molecule has 1 fully saturated rings. The van der Waals surface area contributed by atoms with E-state index in [0.29, 0.717) is 16.5 Å². The minimum atomic E-state index is -3.74. The first-order valence-corrected chi connectivity index (χ1v) is 8.68. The van der Waals surface area contributed by atoms with E-state index in [0.717, 1.165) is 12.8 Å². The van der Waals surface area contributed by atoms with Gasteiger partial charge in [0.1, 0.15) is 10.6 Å². The molecule has 1 aromatic carbocycles. The van der Waals surface area contributed by atoms with Crippen LogP contribution in [0.1, 0.15) is 32.3 Å². The van der Waals surface area contributed by atoms with Gasteiger partial charge in [-0.25, -0.2) is 13.1 Å². The topological polar surface area (TPSA) is 81.4 Å². The average molecular weight is 333 g/mol. The first-order chi connectivity index (χ1) is 9.71. The quantitative estimate of drug-likeness (QED) is 0.837. The lowest BCUT2D eigenvalue weighted by Gasteiger charge is -2.26. The fourth-order valence-electron chi connectivity index (χ4n) is 2.50. The van der Waals surface area contributed by atoms with Crippen molar-refractivity contribution in [2.24, 2.45) is 11.7 Å². The van der Waals surface area contributed by atoms with E-state index in [4.69, 9.17) is 22.1 Å². The van der Waals surface area contributed by atoms with Gasteiger partial charge < -0.3 is 10.5 Å². The van der Waals surface area contributed by atoms with Crippen LogP contribution in [0.2, 0.25) is 5.02 Å². The molecule has 5 nitrogen and oxygen atoms in total. The lowest BCUT2D eigenvalue weighted by atomic mass is 10.0. The predicted molar refractivity (Wildman–Crippen MR) is 83.0 cm³/mol. The number of methoxy groups -OCH3 is 1. The molecule has 1 aromatic rings. The van der Waals surface area contributed by atoms with Crippen molar-refractivity contribution in [2.45, 2.75) is 43.7 Å². The van der Waals surface area contributed by atoms with Crippen molar-refractivity contribution in [3.05, 3.63) is 22.7 Å². The highest BCUT2D eigenvalue weighted by Gasteiger charge is 2.41. The molecule has 0 atom stereocenters. The van der Waals surface area contributed by atoms with E-state index in [1.165, 1.54) is 13.2 Å². The van der Waals surface area contributed by atoms with Gasteiger partial charge in [-0.1, -0.05) is 11.6 Å². The molecule has 0 bridgehead atoms. The Hall–Kier alpha value is -0.820. The first kappa shape index (κ1) is 16.5. The molecule has 0 aliphatic heterocycles. The van der Waals surface area contributed by atoms with Gasteiger partial charge in [0.05, 0.1) is 7.11 Å². The van der Waals surface area contributed by atoms with Crippen molar-refractivity contribution in [2.75, 3.05) is 7.11 Å². The van der Waals surface area contributed by atoms with Crippen LogP contribution in [0.25, 0.3) is 0 Å². The second kappa shape index (κ2) is 5.76. The molecule has 118 valence electrons. The summed E-state index contributed by atoms with van der Waals surface area (Å²) in [5.41, 5.74) is 5.71. The number of halogens is 1. The Morgan fingerprint density at radius 2 is 2.05 bits per heavy atom. The van der Waals surface area contributed by atoms with Crippen molar-refractivity contribution in [3.63, 3.8) is 0 Å². The van der Waals surface area contributed by atoms with Gasteiger partial charge in [-0.05, 0) is 44.7 Å². The van der Waals surface area contributed by atoms with Gasteiger partial charge in [-0.15, -0.1) is 0 Å². The fraction of sp³-hybridized carbons (Fsp3) is 0.571. The third-order valence-corrected chi connectivity index (χ3v) is 5.70. The zero-order chi connectivity index (χ0) is 15.8. The van der Waals surface area contributed by atoms with E-state index in [9.17, 15) is 8.42 Å². The van der Waals surface area contributed by atoms with Crippen molar-refractivity contribution < 1.29 is 13.2 Å². The van der Waals surface area contributed by atoms with E-state index in [1.807, 2.05) is 13.8 Å². The number of hydrogen-bond donors (Lipinski definition) is 2. The summed E-state index contributed by atoms with van der Waals surface area (Å²) in [5.74, 6) is 0.618. The van der Waals surface area contributed by atoms with E-state index in [2.05, 4.69) is 4.72 Å². The molecule has 0 unspecified atom stereocenters. The molecule has 0 spiro atoms. The smallest absolute Gasteiger partial charge is 0.244 e. The fourth-order valence-corrected chi connectivity index (χ4v) is 4.51. The first-order valence-electron chi connectivity index (χ1n) is 6.81. The summed E-state index contributed by atoms with van der Waals surface area (Å²) in [6, 6.07) is 3.01. The SMILES string of the molecule is COc1c(CN)cc(Cl)cc1S(=O)(=O)NC(C)(C)C1CC1. The molecular weight excluding hydrogens is 312 g/mol. The van der Waals surface area contributed by atoms with Crippen LogP contribution >= 0.6 is 11.6 Å². The minimum Gasteiger partial charge on any atom is -0.495 e. The van der Waals surface area contributed by atoms with E-state index in [-0.39, 0.29) is 17.2 Å². The Bertz CT molecular complexity index is 640. The van der Waals surface area contributed by atoms with Crippen LogP contribution in [0.15, 0.2) is 17.0 Å². The Morgan fingerprint density at radius 1 is 1.43 bits per heavy atom. The van der Waals surface area contributed by atoms with Gasteiger partial charge in [-0.2, -0.15) is 0 Å². The van der Waals surface area contributed by atoms with Gasteiger partial charge in [0.25, 0.3) is 0 Å². The van der Waals surface area contributed by atoms with Crippen LogP contribution in [0.4, 0.5) is 0 Å². The minimum absolute atomic E-state index is 0.0340. The third kappa shape index (κ3) is 3.51. The molecule has 1 aliphatic rings.